The van der Waals surface area contributed by atoms with Crippen molar-refractivity contribution in [2.45, 2.75) is 38.3 Å². The first-order chi connectivity index (χ1) is 9.72. The molecule has 0 bridgehead atoms. The van der Waals surface area contributed by atoms with Crippen molar-refractivity contribution in [3.63, 3.8) is 0 Å². The summed E-state index contributed by atoms with van der Waals surface area (Å²) in [6.07, 6.45) is 2.68. The van der Waals surface area contributed by atoms with Gasteiger partial charge in [-0.3, -0.25) is 9.74 Å². The standard InChI is InChI=1S/C15H22N2O3/c1-2-6-16-9-17(10-18)20-15-8-12-11(7-13(15)16)4-3-5-14(12)19/h3-5,13,15,18-19H,2,6-10H2,1H3/t13-,15-/m0/s1. The highest BCUT2D eigenvalue weighted by molar-refractivity contribution is 5.42. The minimum atomic E-state index is -0.100. The maximum absolute atomic E-state index is 10.0. The van der Waals surface area contributed by atoms with Gasteiger partial charge in [-0.25, -0.2) is 0 Å². The van der Waals surface area contributed by atoms with Gasteiger partial charge in [0.05, 0.1) is 12.8 Å². The van der Waals surface area contributed by atoms with Gasteiger partial charge in [-0.1, -0.05) is 19.1 Å². The number of phenolic OH excluding ortho intramolecular Hbond substituents is 1. The number of benzene rings is 1. The largest absolute Gasteiger partial charge is 0.508 e. The maximum Gasteiger partial charge on any atom is 0.120 e. The Morgan fingerprint density at radius 2 is 2.20 bits per heavy atom. The molecule has 1 aromatic carbocycles. The van der Waals surface area contributed by atoms with Crippen molar-refractivity contribution in [3.05, 3.63) is 29.3 Å². The summed E-state index contributed by atoms with van der Waals surface area (Å²) in [5, 5.41) is 20.9. The van der Waals surface area contributed by atoms with Crippen molar-refractivity contribution in [2.24, 2.45) is 0 Å². The third-order valence-electron chi connectivity index (χ3n) is 4.27. The molecule has 1 aliphatic carbocycles. The van der Waals surface area contributed by atoms with Gasteiger partial charge >= 0.3 is 0 Å². The van der Waals surface area contributed by atoms with Crippen molar-refractivity contribution in [2.75, 3.05) is 19.9 Å². The van der Waals surface area contributed by atoms with E-state index in [-0.39, 0.29) is 12.8 Å². The molecule has 3 rings (SSSR count). The first kappa shape index (κ1) is 13.8. The lowest BCUT2D eigenvalue weighted by Gasteiger charge is -2.47. The second-order valence-electron chi connectivity index (χ2n) is 5.61. The topological polar surface area (TPSA) is 56.2 Å². The van der Waals surface area contributed by atoms with Crippen molar-refractivity contribution in [1.29, 1.82) is 0 Å². The van der Waals surface area contributed by atoms with Gasteiger partial charge in [0, 0.05) is 12.5 Å². The minimum absolute atomic E-state index is 0.00301. The molecule has 1 aliphatic heterocycles. The number of hydroxylamine groups is 2. The average molecular weight is 278 g/mol. The number of aliphatic hydroxyl groups excluding tert-OH is 1. The second kappa shape index (κ2) is 5.69. The molecule has 2 atom stereocenters. The quantitative estimate of drug-likeness (QED) is 0.867. The monoisotopic (exact) mass is 278 g/mol. The van der Waals surface area contributed by atoms with Crippen LogP contribution < -0.4 is 0 Å². The van der Waals surface area contributed by atoms with E-state index in [1.54, 1.807) is 11.1 Å². The fourth-order valence-corrected chi connectivity index (χ4v) is 3.35. The van der Waals surface area contributed by atoms with Crippen LogP contribution in [0.3, 0.4) is 0 Å². The molecule has 0 saturated carbocycles. The fourth-order valence-electron chi connectivity index (χ4n) is 3.35. The van der Waals surface area contributed by atoms with Crippen LogP contribution in [0.4, 0.5) is 0 Å². The summed E-state index contributed by atoms with van der Waals surface area (Å²) < 4.78 is 0. The van der Waals surface area contributed by atoms with E-state index in [0.29, 0.717) is 24.9 Å². The Hall–Kier alpha value is -1.14. The molecular formula is C15H22N2O3. The highest BCUT2D eigenvalue weighted by Crippen LogP contribution is 2.34. The van der Waals surface area contributed by atoms with E-state index in [4.69, 9.17) is 4.84 Å². The summed E-state index contributed by atoms with van der Waals surface area (Å²) in [6.45, 7) is 3.70. The first-order valence-electron chi connectivity index (χ1n) is 7.29. The zero-order chi connectivity index (χ0) is 14.1. The number of hydrogen-bond acceptors (Lipinski definition) is 5. The summed E-state index contributed by atoms with van der Waals surface area (Å²) in [6, 6.07) is 6.05. The Kier molecular flexibility index (Phi) is 3.94. The molecule has 5 nitrogen and oxygen atoms in total. The van der Waals surface area contributed by atoms with Gasteiger partial charge < -0.3 is 10.2 Å². The Labute approximate surface area is 119 Å². The van der Waals surface area contributed by atoms with E-state index in [1.807, 2.05) is 6.07 Å². The Morgan fingerprint density at radius 1 is 1.35 bits per heavy atom. The molecule has 0 unspecified atom stereocenters. The van der Waals surface area contributed by atoms with E-state index < -0.39 is 0 Å². The predicted molar refractivity (Wildman–Crippen MR) is 75.0 cm³/mol. The van der Waals surface area contributed by atoms with Crippen LogP contribution in [0.25, 0.3) is 0 Å². The number of fused-ring (bicyclic) bond motifs is 2. The van der Waals surface area contributed by atoms with Crippen LogP contribution in [0.5, 0.6) is 5.75 Å². The van der Waals surface area contributed by atoms with Gasteiger partial charge in [0.15, 0.2) is 0 Å². The Morgan fingerprint density at radius 3 is 2.95 bits per heavy atom. The van der Waals surface area contributed by atoms with E-state index in [2.05, 4.69) is 17.9 Å². The number of hydrogen-bond donors (Lipinski definition) is 2. The van der Waals surface area contributed by atoms with Gasteiger partial charge in [0.2, 0.25) is 0 Å². The molecule has 1 heterocycles. The molecule has 110 valence electrons. The molecule has 1 fully saturated rings. The van der Waals surface area contributed by atoms with Crippen LogP contribution in [0.2, 0.25) is 0 Å². The third kappa shape index (κ3) is 2.42. The molecule has 1 saturated heterocycles. The lowest BCUT2D eigenvalue weighted by Crippen LogP contribution is -2.60. The highest BCUT2D eigenvalue weighted by atomic mass is 16.7. The molecule has 2 aliphatic rings. The Balaban J connectivity index is 1.88. The maximum atomic E-state index is 10.0. The smallest absolute Gasteiger partial charge is 0.120 e. The van der Waals surface area contributed by atoms with Gasteiger partial charge in [0.25, 0.3) is 0 Å². The average Bonchev–Trinajstić information content (AvgIpc) is 2.46. The van der Waals surface area contributed by atoms with Crippen LogP contribution >= 0.6 is 0 Å². The van der Waals surface area contributed by atoms with Crippen molar-refractivity contribution in [3.8, 4) is 5.75 Å². The molecule has 20 heavy (non-hydrogen) atoms. The van der Waals surface area contributed by atoms with Gasteiger partial charge in [-0.05, 0) is 36.6 Å². The zero-order valence-electron chi connectivity index (χ0n) is 11.8. The van der Waals surface area contributed by atoms with E-state index in [1.165, 1.54) is 5.56 Å². The van der Waals surface area contributed by atoms with Crippen molar-refractivity contribution < 1.29 is 15.1 Å². The number of nitrogens with zero attached hydrogens (tertiary/aromatic N) is 2. The predicted octanol–water partition coefficient (Wildman–Crippen LogP) is 1.09. The lowest BCUT2D eigenvalue weighted by atomic mass is 9.84. The minimum Gasteiger partial charge on any atom is -0.508 e. The number of aliphatic hydroxyl groups is 1. The molecule has 1 aromatic rings. The Bertz CT molecular complexity index is 480. The fraction of sp³-hybridized carbons (Fsp3) is 0.600. The third-order valence-corrected chi connectivity index (χ3v) is 4.27. The van der Waals surface area contributed by atoms with Gasteiger partial charge in [0.1, 0.15) is 12.5 Å². The van der Waals surface area contributed by atoms with Crippen molar-refractivity contribution in [1.82, 2.24) is 9.96 Å². The lowest BCUT2D eigenvalue weighted by molar-refractivity contribution is -0.296. The first-order valence-corrected chi connectivity index (χ1v) is 7.29. The van der Waals surface area contributed by atoms with E-state index in [0.717, 1.165) is 24.9 Å². The zero-order valence-corrected chi connectivity index (χ0v) is 11.8. The summed E-state index contributed by atoms with van der Waals surface area (Å²) >= 11 is 0. The molecule has 0 radical (unpaired) electrons. The van der Waals surface area contributed by atoms with Crippen LogP contribution in [0.15, 0.2) is 18.2 Å². The van der Waals surface area contributed by atoms with E-state index >= 15 is 0 Å². The molecule has 2 N–H and O–H groups in total. The summed E-state index contributed by atoms with van der Waals surface area (Å²) in [5.74, 6) is 0.354. The molecule has 0 spiro atoms. The summed E-state index contributed by atoms with van der Waals surface area (Å²) in [4.78, 5) is 8.23. The number of phenols is 1. The normalized spacial score (nSPS) is 27.1. The van der Waals surface area contributed by atoms with E-state index in [9.17, 15) is 10.2 Å². The summed E-state index contributed by atoms with van der Waals surface area (Å²) in [5.41, 5.74) is 2.21. The van der Waals surface area contributed by atoms with Gasteiger partial charge in [-0.2, -0.15) is 0 Å². The van der Waals surface area contributed by atoms with Crippen LogP contribution in [-0.4, -0.2) is 52.3 Å². The second-order valence-corrected chi connectivity index (χ2v) is 5.61. The van der Waals surface area contributed by atoms with Crippen LogP contribution in [0.1, 0.15) is 24.5 Å². The van der Waals surface area contributed by atoms with Crippen LogP contribution in [0, 0.1) is 0 Å². The van der Waals surface area contributed by atoms with Crippen molar-refractivity contribution >= 4 is 0 Å². The number of aromatic hydroxyl groups is 1. The summed E-state index contributed by atoms with van der Waals surface area (Å²) in [7, 11) is 0. The molecule has 0 amide bonds. The molecular weight excluding hydrogens is 256 g/mol. The van der Waals surface area contributed by atoms with Gasteiger partial charge in [-0.15, -0.1) is 5.06 Å². The van der Waals surface area contributed by atoms with Crippen LogP contribution in [-0.2, 0) is 17.7 Å². The molecule has 0 aromatic heterocycles. The SMILES string of the molecule is CCCN1CN(CO)O[C@H]2Cc3c(O)cccc3C[C@@H]21. The highest BCUT2D eigenvalue weighted by Gasteiger charge is 2.39. The molecule has 5 heteroatoms. The number of rotatable bonds is 3.